The average Bonchev–Trinajstić information content (AvgIpc) is 2.92. The van der Waals surface area contributed by atoms with E-state index in [1.807, 2.05) is 20.8 Å². The Labute approximate surface area is 135 Å². The summed E-state index contributed by atoms with van der Waals surface area (Å²) in [5.74, 6) is 1.11. The van der Waals surface area contributed by atoms with Gasteiger partial charge in [-0.2, -0.15) is 10.1 Å². The molecule has 2 atom stereocenters. The van der Waals surface area contributed by atoms with Gasteiger partial charge in [-0.3, -0.25) is 9.78 Å². The summed E-state index contributed by atoms with van der Waals surface area (Å²) in [6.45, 7) is 9.93. The zero-order chi connectivity index (χ0) is 16.8. The molecule has 0 spiro atoms. The lowest BCUT2D eigenvalue weighted by Gasteiger charge is -2.36. The van der Waals surface area contributed by atoms with Gasteiger partial charge >= 0.3 is 0 Å². The third-order valence-corrected chi connectivity index (χ3v) is 4.55. The van der Waals surface area contributed by atoms with Crippen LogP contribution in [0.25, 0.3) is 11.0 Å². The van der Waals surface area contributed by atoms with Crippen molar-refractivity contribution in [1.29, 1.82) is 0 Å². The van der Waals surface area contributed by atoms with Gasteiger partial charge in [-0.25, -0.2) is 4.68 Å². The summed E-state index contributed by atoms with van der Waals surface area (Å²) in [5, 5.41) is 4.87. The Bertz CT molecular complexity index is 758. The van der Waals surface area contributed by atoms with Gasteiger partial charge in [0.05, 0.1) is 17.8 Å². The molecule has 1 N–H and O–H groups in total. The maximum Gasteiger partial charge on any atom is 0.263 e. The molecule has 0 radical (unpaired) electrons. The molecule has 126 valence electrons. The van der Waals surface area contributed by atoms with Gasteiger partial charge in [0.1, 0.15) is 5.39 Å². The Morgan fingerprint density at radius 2 is 2.13 bits per heavy atom. The number of nitrogens with one attached hydrogen (secondary N) is 1. The highest BCUT2D eigenvalue weighted by Gasteiger charge is 2.28. The zero-order valence-electron chi connectivity index (χ0n) is 14.5. The van der Waals surface area contributed by atoms with Crippen LogP contribution >= 0.6 is 0 Å². The molecule has 2 aromatic rings. The molecule has 7 heteroatoms. The van der Waals surface area contributed by atoms with Crippen molar-refractivity contribution < 1.29 is 4.74 Å². The number of ether oxygens (including phenoxy) is 1. The van der Waals surface area contributed by atoms with Crippen LogP contribution in [0.3, 0.4) is 0 Å². The van der Waals surface area contributed by atoms with Gasteiger partial charge in [-0.05, 0) is 33.1 Å². The number of hydrogen-bond acceptors (Lipinski definition) is 5. The molecule has 2 aromatic heterocycles. The number of fused-ring (bicyclic) bond motifs is 1. The predicted molar refractivity (Wildman–Crippen MR) is 89.9 cm³/mol. The molecule has 3 rings (SSSR count). The first kappa shape index (κ1) is 16.0. The van der Waals surface area contributed by atoms with Crippen molar-refractivity contribution in [2.75, 3.05) is 25.1 Å². The minimum absolute atomic E-state index is 0.145. The Balaban J connectivity index is 2.04. The second kappa shape index (κ2) is 5.63. The van der Waals surface area contributed by atoms with Crippen LogP contribution in [0.1, 0.15) is 34.1 Å². The van der Waals surface area contributed by atoms with E-state index in [9.17, 15) is 4.79 Å². The van der Waals surface area contributed by atoms with E-state index in [-0.39, 0.29) is 17.2 Å². The van der Waals surface area contributed by atoms with E-state index in [1.54, 1.807) is 18.0 Å². The van der Waals surface area contributed by atoms with Crippen LogP contribution in [0.4, 0.5) is 5.95 Å². The monoisotopic (exact) mass is 319 g/mol. The lowest BCUT2D eigenvalue weighted by molar-refractivity contribution is 0.0494. The van der Waals surface area contributed by atoms with Crippen molar-refractivity contribution in [3.63, 3.8) is 0 Å². The Morgan fingerprint density at radius 3 is 2.78 bits per heavy atom. The van der Waals surface area contributed by atoms with E-state index < -0.39 is 0 Å². The van der Waals surface area contributed by atoms with Crippen LogP contribution in [-0.4, -0.2) is 46.1 Å². The van der Waals surface area contributed by atoms with Gasteiger partial charge < -0.3 is 9.64 Å². The number of aromatic nitrogens is 4. The third kappa shape index (κ3) is 2.85. The molecular formula is C16H25N5O2. The van der Waals surface area contributed by atoms with Crippen molar-refractivity contribution in [1.82, 2.24) is 19.7 Å². The zero-order valence-corrected chi connectivity index (χ0v) is 14.5. The summed E-state index contributed by atoms with van der Waals surface area (Å²) in [6, 6.07) is 0. The maximum absolute atomic E-state index is 12.4. The van der Waals surface area contributed by atoms with E-state index in [4.69, 9.17) is 9.72 Å². The fourth-order valence-electron chi connectivity index (χ4n) is 3.08. The lowest BCUT2D eigenvalue weighted by Crippen LogP contribution is -2.45. The van der Waals surface area contributed by atoms with Crippen molar-refractivity contribution in [3.8, 4) is 0 Å². The summed E-state index contributed by atoms with van der Waals surface area (Å²) in [5.41, 5.74) is 0.252. The third-order valence-electron chi connectivity index (χ3n) is 4.55. The topological polar surface area (TPSA) is 76.0 Å². The predicted octanol–water partition coefficient (Wildman–Crippen LogP) is 1.74. The van der Waals surface area contributed by atoms with Crippen molar-refractivity contribution in [3.05, 3.63) is 16.6 Å². The summed E-state index contributed by atoms with van der Waals surface area (Å²) >= 11 is 0. The number of rotatable bonds is 2. The van der Waals surface area contributed by atoms with Gasteiger partial charge in [0.15, 0.2) is 5.65 Å². The number of hydrogen-bond donors (Lipinski definition) is 1. The second-order valence-electron chi connectivity index (χ2n) is 7.34. The number of H-pyrrole nitrogens is 1. The molecule has 1 saturated heterocycles. The largest absolute Gasteiger partial charge is 0.379 e. The minimum Gasteiger partial charge on any atom is -0.379 e. The van der Waals surface area contributed by atoms with Crippen molar-refractivity contribution in [2.24, 2.45) is 5.92 Å². The number of nitrogens with zero attached hydrogens (tertiary/aromatic N) is 4. The van der Waals surface area contributed by atoms with E-state index in [1.165, 1.54) is 0 Å². The average molecular weight is 319 g/mol. The van der Waals surface area contributed by atoms with E-state index >= 15 is 0 Å². The molecule has 1 aliphatic rings. The Morgan fingerprint density at radius 1 is 1.39 bits per heavy atom. The van der Waals surface area contributed by atoms with Gasteiger partial charge in [0.2, 0.25) is 5.95 Å². The lowest BCUT2D eigenvalue weighted by atomic mass is 9.96. The Hall–Kier alpha value is -1.89. The summed E-state index contributed by atoms with van der Waals surface area (Å²) in [4.78, 5) is 22.1. The summed E-state index contributed by atoms with van der Waals surface area (Å²) in [7, 11) is 1.73. The molecule has 2 unspecified atom stereocenters. The van der Waals surface area contributed by atoms with Crippen LogP contribution in [0.2, 0.25) is 0 Å². The second-order valence-corrected chi connectivity index (χ2v) is 7.34. The first-order valence-electron chi connectivity index (χ1n) is 8.07. The van der Waals surface area contributed by atoms with Crippen LogP contribution in [0.15, 0.2) is 11.0 Å². The molecule has 1 fully saturated rings. The highest BCUT2D eigenvalue weighted by Crippen LogP contribution is 2.24. The summed E-state index contributed by atoms with van der Waals surface area (Å²) in [6.07, 6.45) is 2.75. The molecule has 0 aromatic carbocycles. The van der Waals surface area contributed by atoms with Gasteiger partial charge in [0, 0.05) is 20.2 Å². The molecule has 3 heterocycles. The molecule has 0 bridgehead atoms. The highest BCUT2D eigenvalue weighted by atomic mass is 16.5. The Kier molecular flexibility index (Phi) is 3.91. The molecule has 0 aliphatic carbocycles. The van der Waals surface area contributed by atoms with Crippen LogP contribution in [0.5, 0.6) is 0 Å². The maximum atomic E-state index is 12.4. The summed E-state index contributed by atoms with van der Waals surface area (Å²) < 4.78 is 7.36. The van der Waals surface area contributed by atoms with Gasteiger partial charge in [0.25, 0.3) is 5.56 Å². The van der Waals surface area contributed by atoms with E-state index in [0.29, 0.717) is 22.9 Å². The molecule has 7 nitrogen and oxygen atoms in total. The first-order chi connectivity index (χ1) is 10.8. The molecular weight excluding hydrogens is 294 g/mol. The normalized spacial score (nSPS) is 22.7. The standard InChI is InChI=1S/C16H25N5O2/c1-10-6-7-20(9-12(10)23-5)15-18-13-11(14(22)19-15)8-17-21(13)16(2,3)4/h8,10,12H,6-7,9H2,1-5H3,(H,18,19,22). The fraction of sp³-hybridized carbons (Fsp3) is 0.688. The van der Waals surface area contributed by atoms with Crippen LogP contribution < -0.4 is 10.5 Å². The first-order valence-corrected chi connectivity index (χ1v) is 8.07. The molecule has 0 saturated carbocycles. The smallest absolute Gasteiger partial charge is 0.263 e. The molecule has 1 aliphatic heterocycles. The molecule has 0 amide bonds. The molecule has 23 heavy (non-hydrogen) atoms. The number of anilines is 1. The van der Waals surface area contributed by atoms with Crippen LogP contribution in [0, 0.1) is 5.92 Å². The van der Waals surface area contributed by atoms with Gasteiger partial charge in [-0.1, -0.05) is 6.92 Å². The van der Waals surface area contributed by atoms with E-state index in [0.717, 1.165) is 19.5 Å². The van der Waals surface area contributed by atoms with Crippen LogP contribution in [-0.2, 0) is 10.3 Å². The number of methoxy groups -OCH3 is 1. The quantitative estimate of drug-likeness (QED) is 0.912. The fourth-order valence-corrected chi connectivity index (χ4v) is 3.08. The van der Waals surface area contributed by atoms with E-state index in [2.05, 4.69) is 21.9 Å². The highest BCUT2D eigenvalue weighted by molar-refractivity contribution is 5.74. The van der Waals surface area contributed by atoms with Crippen molar-refractivity contribution in [2.45, 2.75) is 45.8 Å². The SMILES string of the molecule is COC1CN(c2nc3c(cnn3C(C)(C)C)c(=O)[nH]2)CCC1C. The minimum atomic E-state index is -0.231. The van der Waals surface area contributed by atoms with Crippen molar-refractivity contribution >= 4 is 17.0 Å². The number of aromatic amines is 1. The van der Waals surface area contributed by atoms with Gasteiger partial charge in [-0.15, -0.1) is 0 Å². The number of piperidine rings is 1.